The van der Waals surface area contributed by atoms with Crippen molar-refractivity contribution in [2.24, 2.45) is 11.8 Å². The zero-order valence-corrected chi connectivity index (χ0v) is 15.8. The SMILES string of the molecule is N#CCCCN1C(=O)C2C(C1=O)C1(Cl)C(Cl)=C(Cl)C2(Cl)C1(Cl)Cl. The van der Waals surface area contributed by atoms with Crippen LogP contribution in [-0.4, -0.2) is 37.3 Å². The smallest absolute Gasteiger partial charge is 0.235 e. The van der Waals surface area contributed by atoms with Crippen molar-refractivity contribution < 1.29 is 9.59 Å². The number of likely N-dealkylation sites (tertiary alicyclic amines) is 1. The van der Waals surface area contributed by atoms with Gasteiger partial charge in [-0.2, -0.15) is 5.26 Å². The molecule has 1 saturated heterocycles. The van der Waals surface area contributed by atoms with E-state index in [1.807, 2.05) is 6.07 Å². The number of amides is 2. The Morgan fingerprint density at radius 2 is 1.43 bits per heavy atom. The van der Waals surface area contributed by atoms with E-state index in [0.29, 0.717) is 6.42 Å². The number of fused-ring (bicyclic) bond motifs is 5. The Balaban J connectivity index is 2.08. The molecule has 4 atom stereocenters. The van der Waals surface area contributed by atoms with Crippen molar-refractivity contribution in [1.29, 1.82) is 5.26 Å². The van der Waals surface area contributed by atoms with E-state index in [4.69, 9.17) is 74.9 Å². The van der Waals surface area contributed by atoms with Crippen LogP contribution in [0.3, 0.4) is 0 Å². The van der Waals surface area contributed by atoms with Crippen molar-refractivity contribution in [3.05, 3.63) is 10.1 Å². The van der Waals surface area contributed by atoms with Gasteiger partial charge in [0.05, 0.1) is 28.0 Å². The second-order valence-electron chi connectivity index (χ2n) is 5.67. The Hall–Kier alpha value is 0.110. The van der Waals surface area contributed by atoms with Gasteiger partial charge in [-0.05, 0) is 6.42 Å². The zero-order chi connectivity index (χ0) is 17.4. The number of carbonyl (C=O) groups is 2. The molecule has 0 aromatic rings. The normalized spacial score (nSPS) is 40.8. The molecule has 4 nitrogen and oxygen atoms in total. The molecule has 1 aliphatic heterocycles. The van der Waals surface area contributed by atoms with Crippen molar-refractivity contribution in [2.45, 2.75) is 26.9 Å². The monoisotopic (exact) mass is 434 g/mol. The number of carbonyl (C=O) groups excluding carboxylic acids is 2. The van der Waals surface area contributed by atoms with Gasteiger partial charge in [0.15, 0.2) is 4.33 Å². The Morgan fingerprint density at radius 1 is 1.00 bits per heavy atom. The molecule has 23 heavy (non-hydrogen) atoms. The number of rotatable bonds is 3. The Morgan fingerprint density at radius 3 is 1.83 bits per heavy atom. The highest BCUT2D eigenvalue weighted by atomic mass is 35.5. The Kier molecular flexibility index (Phi) is 4.13. The van der Waals surface area contributed by atoms with Gasteiger partial charge >= 0.3 is 0 Å². The molecular weight excluding hydrogens is 429 g/mol. The van der Waals surface area contributed by atoms with Crippen LogP contribution in [0.4, 0.5) is 0 Å². The summed E-state index contributed by atoms with van der Waals surface area (Å²) in [6.07, 6.45) is 0.554. The predicted molar refractivity (Wildman–Crippen MR) is 88.9 cm³/mol. The second kappa shape index (κ2) is 5.30. The van der Waals surface area contributed by atoms with E-state index < -0.39 is 37.7 Å². The van der Waals surface area contributed by atoms with Gasteiger partial charge in [0.25, 0.3) is 0 Å². The maximum absolute atomic E-state index is 12.7. The van der Waals surface area contributed by atoms with Crippen molar-refractivity contribution in [1.82, 2.24) is 4.90 Å². The molecule has 0 aromatic carbocycles. The molecule has 2 bridgehead atoms. The van der Waals surface area contributed by atoms with Crippen LogP contribution in [0.5, 0.6) is 0 Å². The largest absolute Gasteiger partial charge is 0.282 e. The molecule has 0 aromatic heterocycles. The Bertz CT molecular complexity index is 655. The van der Waals surface area contributed by atoms with Gasteiger partial charge in [-0.15, -0.1) is 23.2 Å². The molecule has 0 spiro atoms. The summed E-state index contributed by atoms with van der Waals surface area (Å²) in [5.74, 6) is -3.30. The number of halogens is 6. The lowest BCUT2D eigenvalue weighted by molar-refractivity contribution is -0.140. The third kappa shape index (κ3) is 1.77. The Labute approximate surface area is 162 Å². The number of nitriles is 1. The fraction of sp³-hybridized carbons (Fsp3) is 0.615. The summed E-state index contributed by atoms with van der Waals surface area (Å²) < 4.78 is -1.91. The van der Waals surface area contributed by atoms with Crippen molar-refractivity contribution in [2.75, 3.05) is 6.54 Å². The second-order valence-corrected chi connectivity index (χ2v) is 8.95. The quantitative estimate of drug-likeness (QED) is 0.384. The third-order valence-electron chi connectivity index (χ3n) is 4.67. The minimum atomic E-state index is -1.91. The van der Waals surface area contributed by atoms with Crippen LogP contribution in [0.15, 0.2) is 10.1 Å². The van der Waals surface area contributed by atoms with Gasteiger partial charge in [-0.1, -0.05) is 46.4 Å². The standard InChI is InChI=1S/C13H8Cl6N2O2/c14-7-8(15)12(17)6-5(11(7,16)13(12,18)19)9(22)21(10(6)23)4-2-1-3-20/h5-6H,1-2,4H2. The van der Waals surface area contributed by atoms with E-state index in [1.54, 1.807) is 0 Å². The summed E-state index contributed by atoms with van der Waals surface area (Å²) in [6, 6.07) is 1.95. The summed E-state index contributed by atoms with van der Waals surface area (Å²) in [5, 5.41) is 8.37. The fourth-order valence-electron chi connectivity index (χ4n) is 3.59. The first-order valence-corrected chi connectivity index (χ1v) is 8.89. The molecule has 10 heteroatoms. The lowest BCUT2D eigenvalue weighted by Gasteiger charge is -2.34. The molecule has 1 heterocycles. The lowest BCUT2D eigenvalue weighted by atomic mass is 9.84. The molecule has 0 N–H and O–H groups in total. The summed E-state index contributed by atoms with van der Waals surface area (Å²) in [7, 11) is 0. The van der Waals surface area contributed by atoms with Crippen LogP contribution >= 0.6 is 69.6 Å². The first kappa shape index (κ1) is 17.9. The molecular formula is C13H8Cl6N2O2. The number of hydrogen-bond donors (Lipinski definition) is 0. The molecule has 4 unspecified atom stereocenters. The molecule has 3 aliphatic rings. The summed E-state index contributed by atoms with van der Waals surface area (Å²) in [6.45, 7) is 0.0883. The molecule has 2 aliphatic carbocycles. The number of nitrogens with zero attached hydrogens (tertiary/aromatic N) is 2. The van der Waals surface area contributed by atoms with E-state index in [9.17, 15) is 9.59 Å². The third-order valence-corrected chi connectivity index (χ3v) is 8.93. The summed E-state index contributed by atoms with van der Waals surface area (Å²) in [4.78, 5) is 22.9. The van der Waals surface area contributed by atoms with Crippen LogP contribution in [0.1, 0.15) is 12.8 Å². The van der Waals surface area contributed by atoms with Crippen molar-refractivity contribution in [3.8, 4) is 6.07 Å². The highest BCUT2D eigenvalue weighted by Gasteiger charge is 2.87. The van der Waals surface area contributed by atoms with Crippen molar-refractivity contribution >= 4 is 81.4 Å². The van der Waals surface area contributed by atoms with E-state index >= 15 is 0 Å². The average molecular weight is 437 g/mol. The van der Waals surface area contributed by atoms with E-state index in [1.165, 1.54) is 0 Å². The van der Waals surface area contributed by atoms with Crippen molar-refractivity contribution in [3.63, 3.8) is 0 Å². The predicted octanol–water partition coefficient (Wildman–Crippen LogP) is 3.74. The highest BCUT2D eigenvalue weighted by molar-refractivity contribution is 6.66. The van der Waals surface area contributed by atoms with Gasteiger partial charge in [0, 0.05) is 13.0 Å². The number of alkyl halides is 4. The minimum Gasteiger partial charge on any atom is -0.282 e. The molecule has 2 fully saturated rings. The van der Waals surface area contributed by atoms with Crippen LogP contribution in [0.25, 0.3) is 0 Å². The molecule has 3 rings (SSSR count). The van der Waals surface area contributed by atoms with E-state index in [0.717, 1.165) is 4.90 Å². The highest BCUT2D eigenvalue weighted by Crippen LogP contribution is 2.77. The maximum atomic E-state index is 12.7. The first-order valence-electron chi connectivity index (χ1n) is 6.62. The summed E-state index contributed by atoms with van der Waals surface area (Å²) >= 11 is 38.1. The fourth-order valence-corrected chi connectivity index (χ4v) is 6.52. The topological polar surface area (TPSA) is 61.2 Å². The van der Waals surface area contributed by atoms with E-state index in [2.05, 4.69) is 0 Å². The summed E-state index contributed by atoms with van der Waals surface area (Å²) in [5.41, 5.74) is 0. The van der Waals surface area contributed by atoms with Crippen LogP contribution in [-0.2, 0) is 9.59 Å². The average Bonchev–Trinajstić information content (AvgIpc) is 2.86. The maximum Gasteiger partial charge on any atom is 0.235 e. The molecule has 0 radical (unpaired) electrons. The van der Waals surface area contributed by atoms with Crippen LogP contribution in [0, 0.1) is 23.2 Å². The van der Waals surface area contributed by atoms with Gasteiger partial charge in [-0.3, -0.25) is 14.5 Å². The minimum absolute atomic E-state index is 0.0883. The van der Waals surface area contributed by atoms with Crippen LogP contribution in [0.2, 0.25) is 0 Å². The molecule has 124 valence electrons. The van der Waals surface area contributed by atoms with Gasteiger partial charge < -0.3 is 0 Å². The van der Waals surface area contributed by atoms with Crippen LogP contribution < -0.4 is 0 Å². The zero-order valence-electron chi connectivity index (χ0n) is 11.3. The molecule has 2 amide bonds. The lowest BCUT2D eigenvalue weighted by Crippen LogP contribution is -2.50. The van der Waals surface area contributed by atoms with Gasteiger partial charge in [0.1, 0.15) is 9.75 Å². The number of hydrogen-bond acceptors (Lipinski definition) is 3. The van der Waals surface area contributed by atoms with Gasteiger partial charge in [-0.25, -0.2) is 0 Å². The molecule has 1 saturated carbocycles. The number of imide groups is 1. The van der Waals surface area contributed by atoms with Gasteiger partial charge in [0.2, 0.25) is 11.8 Å². The number of allylic oxidation sites excluding steroid dienone is 2. The first-order chi connectivity index (χ1) is 10.6. The van der Waals surface area contributed by atoms with E-state index in [-0.39, 0.29) is 23.0 Å². The number of unbranched alkanes of at least 4 members (excludes halogenated alkanes) is 1.